The zero-order valence-electron chi connectivity index (χ0n) is 7.59. The van der Waals surface area contributed by atoms with Crippen LogP contribution >= 0.6 is 0 Å². The smallest absolute Gasteiger partial charge is 0.253 e. The van der Waals surface area contributed by atoms with Gasteiger partial charge in [0.15, 0.2) is 4.90 Å². The Bertz CT molecular complexity index is 431. The molecule has 2 N–H and O–H groups in total. The maximum absolute atomic E-state index is 11.1. The highest BCUT2D eigenvalue weighted by molar-refractivity contribution is 7.89. The molecule has 0 radical (unpaired) electrons. The first-order chi connectivity index (χ1) is 6.49. The van der Waals surface area contributed by atoms with E-state index in [9.17, 15) is 8.42 Å². The number of rotatable bonds is 3. The van der Waals surface area contributed by atoms with Crippen LogP contribution in [0.4, 0.5) is 0 Å². The highest BCUT2D eigenvalue weighted by Crippen LogP contribution is 2.21. The van der Waals surface area contributed by atoms with Crippen molar-refractivity contribution in [3.63, 3.8) is 0 Å². The molecule has 0 saturated heterocycles. The first-order valence-corrected chi connectivity index (χ1v) is 5.02. The third kappa shape index (κ3) is 2.09. The molecule has 1 heterocycles. The Morgan fingerprint density at radius 1 is 1.29 bits per heavy atom. The molecule has 0 amide bonds. The lowest BCUT2D eigenvalue weighted by Gasteiger charge is -2.05. The van der Waals surface area contributed by atoms with E-state index in [0.29, 0.717) is 0 Å². The van der Waals surface area contributed by atoms with Crippen molar-refractivity contribution < 1.29 is 17.9 Å². The molecule has 7 nitrogen and oxygen atoms in total. The average molecular weight is 219 g/mol. The molecule has 0 bridgehead atoms. The molecule has 0 fully saturated rings. The summed E-state index contributed by atoms with van der Waals surface area (Å²) in [6.07, 6.45) is 0. The molecule has 0 aliphatic carbocycles. The number of aromatic nitrogens is 2. The van der Waals surface area contributed by atoms with Gasteiger partial charge in [0.2, 0.25) is 15.9 Å². The van der Waals surface area contributed by atoms with Gasteiger partial charge in [-0.3, -0.25) is 0 Å². The van der Waals surface area contributed by atoms with Gasteiger partial charge in [-0.25, -0.2) is 13.6 Å². The Morgan fingerprint density at radius 2 is 1.93 bits per heavy atom. The second kappa shape index (κ2) is 3.76. The minimum absolute atomic E-state index is 0.0508. The van der Waals surface area contributed by atoms with Crippen LogP contribution in [0.1, 0.15) is 0 Å². The summed E-state index contributed by atoms with van der Waals surface area (Å²) < 4.78 is 31.5. The number of sulfonamides is 1. The quantitative estimate of drug-likeness (QED) is 0.709. The summed E-state index contributed by atoms with van der Waals surface area (Å²) in [5.41, 5.74) is 0. The molecule has 0 aromatic carbocycles. The molecule has 0 unspecified atom stereocenters. The summed E-state index contributed by atoms with van der Waals surface area (Å²) in [7, 11) is -1.28. The standard InChI is InChI=1S/C6H9N3O4S/c1-12-5-3-4(14(7,10)11)6(13-2)9-8-5/h3H,1-2H3,(H2,7,10,11). The van der Waals surface area contributed by atoms with Gasteiger partial charge in [0.25, 0.3) is 5.88 Å². The number of primary sulfonamides is 1. The van der Waals surface area contributed by atoms with Gasteiger partial charge in [-0.1, -0.05) is 0 Å². The second-order valence-electron chi connectivity index (χ2n) is 2.31. The Hall–Kier alpha value is -1.41. The van der Waals surface area contributed by atoms with Gasteiger partial charge in [-0.05, 0) is 0 Å². The minimum Gasteiger partial charge on any atom is -0.480 e. The zero-order valence-corrected chi connectivity index (χ0v) is 8.41. The Balaban J connectivity index is 3.37. The molecule has 8 heteroatoms. The Labute approximate surface area is 80.9 Å². The summed E-state index contributed by atoms with van der Waals surface area (Å²) in [5, 5.41) is 11.9. The van der Waals surface area contributed by atoms with E-state index in [1.165, 1.54) is 14.2 Å². The maximum Gasteiger partial charge on any atom is 0.253 e. The van der Waals surface area contributed by atoms with Gasteiger partial charge in [0.05, 0.1) is 14.2 Å². The van der Waals surface area contributed by atoms with Crippen LogP contribution in [0.15, 0.2) is 11.0 Å². The number of methoxy groups -OCH3 is 2. The summed E-state index contributed by atoms with van der Waals surface area (Å²) in [6, 6.07) is 1.14. The molecule has 14 heavy (non-hydrogen) atoms. The van der Waals surface area contributed by atoms with Crippen LogP contribution in [-0.2, 0) is 10.0 Å². The topological polar surface area (TPSA) is 104 Å². The van der Waals surface area contributed by atoms with Gasteiger partial charge in [0.1, 0.15) is 0 Å². The first-order valence-electron chi connectivity index (χ1n) is 3.47. The van der Waals surface area contributed by atoms with Crippen LogP contribution < -0.4 is 14.6 Å². The molecule has 0 aliphatic rings. The van der Waals surface area contributed by atoms with Crippen molar-refractivity contribution in [3.8, 4) is 11.8 Å². The number of ether oxygens (including phenoxy) is 2. The fourth-order valence-corrected chi connectivity index (χ4v) is 1.42. The van der Waals surface area contributed by atoms with Gasteiger partial charge in [0, 0.05) is 6.07 Å². The van der Waals surface area contributed by atoms with Crippen molar-refractivity contribution in [1.82, 2.24) is 10.2 Å². The monoisotopic (exact) mass is 219 g/mol. The fourth-order valence-electron chi connectivity index (χ4n) is 0.792. The molecule has 1 aromatic rings. The zero-order chi connectivity index (χ0) is 10.8. The first kappa shape index (κ1) is 10.7. The highest BCUT2D eigenvalue weighted by atomic mass is 32.2. The number of nitrogens with zero attached hydrogens (tertiary/aromatic N) is 2. The normalized spacial score (nSPS) is 11.1. The minimum atomic E-state index is -3.89. The van der Waals surface area contributed by atoms with E-state index in [-0.39, 0.29) is 16.7 Å². The Morgan fingerprint density at radius 3 is 2.36 bits per heavy atom. The van der Waals surface area contributed by atoms with Crippen LogP contribution in [0.5, 0.6) is 11.8 Å². The molecule has 1 aromatic heterocycles. The molecule has 1 rings (SSSR count). The summed E-state index contributed by atoms with van der Waals surface area (Å²) in [4.78, 5) is -0.258. The SMILES string of the molecule is COc1cc(S(N)(=O)=O)c(OC)nn1. The summed E-state index contributed by atoms with van der Waals surface area (Å²) in [5.74, 6) is -0.108. The summed E-state index contributed by atoms with van der Waals surface area (Å²) >= 11 is 0. The van der Waals surface area contributed by atoms with E-state index in [1.54, 1.807) is 0 Å². The molecule has 0 spiro atoms. The molecular formula is C6H9N3O4S. The van der Waals surface area contributed by atoms with E-state index in [1.807, 2.05) is 0 Å². The molecule has 0 saturated carbocycles. The van der Waals surface area contributed by atoms with E-state index in [2.05, 4.69) is 14.9 Å². The lowest BCUT2D eigenvalue weighted by atomic mass is 10.5. The fraction of sp³-hybridized carbons (Fsp3) is 0.333. The average Bonchev–Trinajstić information content (AvgIpc) is 2.15. The van der Waals surface area contributed by atoms with Gasteiger partial charge < -0.3 is 9.47 Å². The van der Waals surface area contributed by atoms with Gasteiger partial charge in [-0.2, -0.15) is 0 Å². The van der Waals surface area contributed by atoms with E-state index < -0.39 is 10.0 Å². The maximum atomic E-state index is 11.1. The van der Waals surface area contributed by atoms with Crippen molar-refractivity contribution in [1.29, 1.82) is 0 Å². The van der Waals surface area contributed by atoms with Crippen molar-refractivity contribution in [2.24, 2.45) is 5.14 Å². The van der Waals surface area contributed by atoms with Gasteiger partial charge >= 0.3 is 0 Å². The van der Waals surface area contributed by atoms with Crippen molar-refractivity contribution in [3.05, 3.63) is 6.07 Å². The van der Waals surface area contributed by atoms with Crippen LogP contribution in [0, 0.1) is 0 Å². The largest absolute Gasteiger partial charge is 0.480 e. The Kier molecular flexibility index (Phi) is 2.87. The van der Waals surface area contributed by atoms with Crippen LogP contribution in [0.3, 0.4) is 0 Å². The molecule has 0 aliphatic heterocycles. The number of hydrogen-bond donors (Lipinski definition) is 1. The lowest BCUT2D eigenvalue weighted by Crippen LogP contribution is -2.14. The van der Waals surface area contributed by atoms with Gasteiger partial charge in [-0.15, -0.1) is 10.2 Å². The third-order valence-electron chi connectivity index (χ3n) is 1.41. The summed E-state index contributed by atoms with van der Waals surface area (Å²) in [6.45, 7) is 0. The van der Waals surface area contributed by atoms with Crippen molar-refractivity contribution >= 4 is 10.0 Å². The predicted octanol–water partition coefficient (Wildman–Crippen LogP) is -0.859. The van der Waals surface area contributed by atoms with E-state index >= 15 is 0 Å². The number of nitrogens with two attached hydrogens (primary N) is 1. The molecule has 0 atom stereocenters. The predicted molar refractivity (Wildman–Crippen MR) is 46.5 cm³/mol. The highest BCUT2D eigenvalue weighted by Gasteiger charge is 2.18. The molecule has 78 valence electrons. The van der Waals surface area contributed by atoms with Crippen LogP contribution in [0.2, 0.25) is 0 Å². The van der Waals surface area contributed by atoms with Crippen LogP contribution in [0.25, 0.3) is 0 Å². The van der Waals surface area contributed by atoms with E-state index in [0.717, 1.165) is 6.07 Å². The van der Waals surface area contributed by atoms with Crippen molar-refractivity contribution in [2.75, 3.05) is 14.2 Å². The van der Waals surface area contributed by atoms with Crippen molar-refractivity contribution in [2.45, 2.75) is 4.90 Å². The third-order valence-corrected chi connectivity index (χ3v) is 2.32. The second-order valence-corrected chi connectivity index (χ2v) is 3.84. The molecular weight excluding hydrogens is 210 g/mol. The number of hydrogen-bond acceptors (Lipinski definition) is 6. The van der Waals surface area contributed by atoms with E-state index in [4.69, 9.17) is 9.88 Å². The lowest BCUT2D eigenvalue weighted by molar-refractivity contribution is 0.356. The van der Waals surface area contributed by atoms with Crippen LogP contribution in [-0.4, -0.2) is 32.8 Å².